The normalized spacial score (nSPS) is 14.6. The van der Waals surface area contributed by atoms with Crippen molar-refractivity contribution in [3.63, 3.8) is 0 Å². The molecule has 0 fully saturated rings. The Bertz CT molecular complexity index is 970. The van der Waals surface area contributed by atoms with Gasteiger partial charge in [0.1, 0.15) is 19.8 Å². The molecule has 0 aliphatic heterocycles. The van der Waals surface area contributed by atoms with Crippen molar-refractivity contribution in [1.82, 2.24) is 0 Å². The number of alkyl halides is 2. The lowest BCUT2D eigenvalue weighted by atomic mass is 10.0. The summed E-state index contributed by atoms with van der Waals surface area (Å²) in [6.07, 6.45) is 31.6. The number of quaternary nitrogens is 1. The molecular weight excluding hydrogens is 772 g/mol. The minimum absolute atomic E-state index is 0.0210. The Morgan fingerprint density at radius 1 is 0.554 bits per heavy atom. The molecule has 0 aromatic rings. The van der Waals surface area contributed by atoms with Gasteiger partial charge in [0.15, 0.2) is 6.10 Å². The molecule has 0 saturated heterocycles. The Morgan fingerprint density at radius 3 is 1.34 bits per heavy atom. The van der Waals surface area contributed by atoms with Crippen LogP contribution in [-0.4, -0.2) is 85.7 Å². The van der Waals surface area contributed by atoms with Gasteiger partial charge in [0.05, 0.1) is 27.7 Å². The van der Waals surface area contributed by atoms with Crippen LogP contribution in [0.25, 0.3) is 0 Å². The first kappa shape index (κ1) is 55.6. The smallest absolute Gasteiger partial charge is 0.462 e. The molecule has 0 saturated carbocycles. The van der Waals surface area contributed by atoms with Crippen LogP contribution < -0.4 is 0 Å². The van der Waals surface area contributed by atoms with E-state index in [4.69, 9.17) is 41.7 Å². The second-order valence-electron chi connectivity index (χ2n) is 17.0. The molecule has 0 heterocycles. The standard InChI is InChI=1S/C44H86Cl2NO8P/c1-6-8-10-12-14-18-24-30-40(45)32-26-20-16-22-28-34-43(48)52-38-42(39-54-56(50,51)53-37-36-47(3,4)5)55-44(49)35-29-23-17-21-27-33-41(46)31-25-19-15-13-11-9-7-2/h40-42H,6-39H2,1-5H3/p+1/t40?,41?,42-/m1/s1. The first-order valence-corrected chi connectivity index (χ1v) is 25.2. The molecule has 0 rings (SSSR count). The van der Waals surface area contributed by atoms with Crippen molar-refractivity contribution in [3.05, 3.63) is 0 Å². The number of likely N-dealkylation sites (N-methyl/N-ethyl adjacent to an activating group) is 1. The van der Waals surface area contributed by atoms with E-state index >= 15 is 0 Å². The number of esters is 2. The maximum Gasteiger partial charge on any atom is 0.472 e. The maximum absolute atomic E-state index is 12.7. The van der Waals surface area contributed by atoms with Crippen molar-refractivity contribution in [2.24, 2.45) is 0 Å². The van der Waals surface area contributed by atoms with Gasteiger partial charge in [-0.05, 0) is 38.5 Å². The maximum atomic E-state index is 12.7. The Kier molecular flexibility index (Phi) is 37.3. The fourth-order valence-corrected chi connectivity index (χ4v) is 7.89. The van der Waals surface area contributed by atoms with Crippen LogP contribution in [0.15, 0.2) is 0 Å². The first-order valence-electron chi connectivity index (χ1n) is 22.8. The molecule has 0 bridgehead atoms. The summed E-state index contributed by atoms with van der Waals surface area (Å²) in [5.41, 5.74) is 0. The zero-order valence-electron chi connectivity index (χ0n) is 36.7. The fourth-order valence-electron chi connectivity index (χ4n) is 6.53. The van der Waals surface area contributed by atoms with Crippen LogP contribution in [0.3, 0.4) is 0 Å². The van der Waals surface area contributed by atoms with E-state index in [1.807, 2.05) is 21.1 Å². The van der Waals surface area contributed by atoms with Gasteiger partial charge < -0.3 is 18.9 Å². The molecule has 0 amide bonds. The molecule has 4 atom stereocenters. The number of hydrogen-bond acceptors (Lipinski definition) is 7. The van der Waals surface area contributed by atoms with Crippen LogP contribution in [-0.2, 0) is 32.7 Å². The van der Waals surface area contributed by atoms with Gasteiger partial charge in [-0.2, -0.15) is 0 Å². The minimum atomic E-state index is -4.39. The quantitative estimate of drug-likeness (QED) is 0.0213. The molecular formula is C44H87Cl2NO8P+. The van der Waals surface area contributed by atoms with Gasteiger partial charge in [-0.15, -0.1) is 23.2 Å². The molecule has 3 unspecified atom stereocenters. The van der Waals surface area contributed by atoms with Crippen LogP contribution in [0, 0.1) is 0 Å². The molecule has 12 heteroatoms. The van der Waals surface area contributed by atoms with Gasteiger partial charge in [-0.3, -0.25) is 18.6 Å². The number of ether oxygens (including phenoxy) is 2. The highest BCUT2D eigenvalue weighted by molar-refractivity contribution is 7.47. The van der Waals surface area contributed by atoms with Crippen molar-refractivity contribution in [1.29, 1.82) is 0 Å². The first-order chi connectivity index (χ1) is 26.8. The largest absolute Gasteiger partial charge is 0.472 e. The predicted octanol–water partition coefficient (Wildman–Crippen LogP) is 13.2. The molecule has 0 aliphatic rings. The highest BCUT2D eigenvalue weighted by Gasteiger charge is 2.27. The van der Waals surface area contributed by atoms with Crippen LogP contribution >= 0.6 is 31.0 Å². The lowest BCUT2D eigenvalue weighted by molar-refractivity contribution is -0.870. The van der Waals surface area contributed by atoms with Gasteiger partial charge in [0.2, 0.25) is 0 Å². The Morgan fingerprint density at radius 2 is 0.929 bits per heavy atom. The van der Waals surface area contributed by atoms with E-state index in [2.05, 4.69) is 13.8 Å². The van der Waals surface area contributed by atoms with Crippen LogP contribution in [0.2, 0.25) is 0 Å². The monoisotopic (exact) mass is 859 g/mol. The average Bonchev–Trinajstić information content (AvgIpc) is 3.13. The molecule has 0 radical (unpaired) electrons. The molecule has 56 heavy (non-hydrogen) atoms. The zero-order chi connectivity index (χ0) is 41.8. The van der Waals surface area contributed by atoms with E-state index in [0.29, 0.717) is 23.9 Å². The highest BCUT2D eigenvalue weighted by Crippen LogP contribution is 2.43. The molecule has 0 aromatic heterocycles. The Labute approximate surface area is 354 Å². The number of halogens is 2. The SMILES string of the molecule is CCCCCCCCCC(Cl)CCCCCCCC(=O)OC[C@H](COP(=O)(O)OCC[N+](C)(C)C)OC(=O)CCCCCCCC(Cl)CCCCCCCCC. The number of unbranched alkanes of at least 4 members (excludes halogenated alkanes) is 20. The van der Waals surface area contributed by atoms with E-state index in [-0.39, 0.29) is 36.8 Å². The van der Waals surface area contributed by atoms with Crippen molar-refractivity contribution in [2.75, 3.05) is 47.5 Å². The van der Waals surface area contributed by atoms with Gasteiger partial charge in [0, 0.05) is 23.6 Å². The van der Waals surface area contributed by atoms with Gasteiger partial charge in [0.25, 0.3) is 0 Å². The molecule has 0 aliphatic carbocycles. The number of nitrogens with zero attached hydrogens (tertiary/aromatic N) is 1. The molecule has 334 valence electrons. The lowest BCUT2D eigenvalue weighted by Crippen LogP contribution is -2.37. The van der Waals surface area contributed by atoms with Crippen molar-refractivity contribution < 1.29 is 42.1 Å². The van der Waals surface area contributed by atoms with E-state index in [1.54, 1.807) is 0 Å². The molecule has 0 aromatic carbocycles. The third kappa shape index (κ3) is 40.4. The van der Waals surface area contributed by atoms with E-state index in [0.717, 1.165) is 77.0 Å². The summed E-state index contributed by atoms with van der Waals surface area (Å²) >= 11 is 13.1. The summed E-state index contributed by atoms with van der Waals surface area (Å²) in [5, 5.41) is 0.499. The predicted molar refractivity (Wildman–Crippen MR) is 235 cm³/mol. The van der Waals surface area contributed by atoms with Crippen LogP contribution in [0.5, 0.6) is 0 Å². The average molecular weight is 860 g/mol. The number of rotatable bonds is 42. The summed E-state index contributed by atoms with van der Waals surface area (Å²) in [5.74, 6) is -0.847. The minimum Gasteiger partial charge on any atom is -0.462 e. The lowest BCUT2D eigenvalue weighted by Gasteiger charge is -2.24. The molecule has 9 nitrogen and oxygen atoms in total. The van der Waals surface area contributed by atoms with Crippen LogP contribution in [0.4, 0.5) is 0 Å². The van der Waals surface area contributed by atoms with E-state index < -0.39 is 32.5 Å². The second-order valence-corrected chi connectivity index (χ2v) is 19.7. The van der Waals surface area contributed by atoms with Crippen LogP contribution in [0.1, 0.15) is 206 Å². The number of phosphoric ester groups is 1. The van der Waals surface area contributed by atoms with E-state index in [1.165, 1.54) is 89.9 Å². The highest BCUT2D eigenvalue weighted by atomic mass is 35.5. The molecule has 1 N–H and O–H groups in total. The summed E-state index contributed by atoms with van der Waals surface area (Å²) in [6.45, 7) is 4.34. The number of phosphoric acid groups is 1. The van der Waals surface area contributed by atoms with Crippen molar-refractivity contribution in [3.8, 4) is 0 Å². The van der Waals surface area contributed by atoms with E-state index in [9.17, 15) is 19.0 Å². The third-order valence-electron chi connectivity index (χ3n) is 10.2. The Hall–Kier alpha value is -0.410. The summed E-state index contributed by atoms with van der Waals surface area (Å²) < 4.78 is 34.3. The topological polar surface area (TPSA) is 108 Å². The number of carbonyl (C=O) groups excluding carboxylic acids is 2. The number of carbonyl (C=O) groups is 2. The number of hydrogen-bond donors (Lipinski definition) is 1. The summed E-state index contributed by atoms with van der Waals surface area (Å²) in [4.78, 5) is 35.5. The molecule has 0 spiro atoms. The third-order valence-corrected chi connectivity index (χ3v) is 12.1. The fraction of sp³-hybridized carbons (Fsp3) is 0.955. The van der Waals surface area contributed by atoms with Gasteiger partial charge >= 0.3 is 19.8 Å². The van der Waals surface area contributed by atoms with Crippen molar-refractivity contribution >= 4 is 43.0 Å². The summed E-state index contributed by atoms with van der Waals surface area (Å²) in [7, 11) is 1.44. The Balaban J connectivity index is 4.42. The van der Waals surface area contributed by atoms with Gasteiger partial charge in [-0.25, -0.2) is 4.57 Å². The second kappa shape index (κ2) is 37.6. The van der Waals surface area contributed by atoms with Crippen molar-refractivity contribution in [2.45, 2.75) is 223 Å². The summed E-state index contributed by atoms with van der Waals surface area (Å²) in [6, 6.07) is 0. The van der Waals surface area contributed by atoms with Gasteiger partial charge in [-0.1, -0.05) is 155 Å². The zero-order valence-corrected chi connectivity index (χ0v) is 39.1.